The largest absolute Gasteiger partial charge is 0.492 e. The molecule has 0 radical (unpaired) electrons. The molecule has 18 heavy (non-hydrogen) atoms. The summed E-state index contributed by atoms with van der Waals surface area (Å²) in [5.41, 5.74) is 0.944. The quantitative estimate of drug-likeness (QED) is 0.600. The topological polar surface area (TPSA) is 48.4 Å². The Bertz CT molecular complexity index is 539. The third-order valence-electron chi connectivity index (χ3n) is 2.59. The van der Waals surface area contributed by atoms with Crippen molar-refractivity contribution in [3.63, 3.8) is 0 Å². The molecule has 2 rings (SSSR count). The van der Waals surface area contributed by atoms with Crippen molar-refractivity contribution in [1.82, 2.24) is 4.98 Å². The Kier molecular flexibility index (Phi) is 4.12. The number of para-hydroxylation sites is 1. The van der Waals surface area contributed by atoms with Crippen LogP contribution in [-0.4, -0.2) is 24.7 Å². The Hall–Kier alpha value is -2.10. The average molecular weight is 245 g/mol. The van der Waals surface area contributed by atoms with E-state index in [9.17, 15) is 4.79 Å². The molecule has 0 bridgehead atoms. The molecular weight excluding hydrogens is 230 g/mol. The molecule has 0 saturated carbocycles. The van der Waals surface area contributed by atoms with Crippen LogP contribution in [0.4, 0.5) is 0 Å². The molecule has 2 aromatic rings. The summed E-state index contributed by atoms with van der Waals surface area (Å²) in [6.45, 7) is 0.481. The van der Waals surface area contributed by atoms with Gasteiger partial charge in [0.15, 0.2) is 0 Å². The van der Waals surface area contributed by atoms with Crippen molar-refractivity contribution in [3.05, 3.63) is 36.5 Å². The van der Waals surface area contributed by atoms with Gasteiger partial charge in [0.1, 0.15) is 5.75 Å². The number of carbonyl (C=O) groups is 1. The van der Waals surface area contributed by atoms with Gasteiger partial charge in [0.2, 0.25) is 0 Å². The van der Waals surface area contributed by atoms with Crippen molar-refractivity contribution in [1.29, 1.82) is 0 Å². The van der Waals surface area contributed by atoms with Gasteiger partial charge in [-0.1, -0.05) is 18.2 Å². The van der Waals surface area contributed by atoms with Gasteiger partial charge in [0.05, 0.1) is 25.4 Å². The number of hydrogen-bond acceptors (Lipinski definition) is 4. The smallest absolute Gasteiger partial charge is 0.305 e. The van der Waals surface area contributed by atoms with Gasteiger partial charge in [-0.15, -0.1) is 0 Å². The van der Waals surface area contributed by atoms with Gasteiger partial charge in [-0.2, -0.15) is 0 Å². The zero-order valence-corrected chi connectivity index (χ0v) is 10.3. The van der Waals surface area contributed by atoms with Crippen molar-refractivity contribution in [2.24, 2.45) is 0 Å². The molecule has 94 valence electrons. The number of ether oxygens (including phenoxy) is 2. The minimum atomic E-state index is -0.213. The lowest BCUT2D eigenvalue weighted by molar-refractivity contribution is -0.140. The first kappa shape index (κ1) is 12.4. The molecule has 0 spiro atoms. The predicted octanol–water partition coefficient (Wildman–Crippen LogP) is 2.57. The summed E-state index contributed by atoms with van der Waals surface area (Å²) in [6, 6.07) is 9.80. The first-order valence-corrected chi connectivity index (χ1v) is 5.84. The van der Waals surface area contributed by atoms with Crippen molar-refractivity contribution in [2.75, 3.05) is 13.7 Å². The van der Waals surface area contributed by atoms with Crippen LogP contribution >= 0.6 is 0 Å². The van der Waals surface area contributed by atoms with Crippen LogP contribution in [0.5, 0.6) is 5.75 Å². The van der Waals surface area contributed by atoms with Crippen LogP contribution < -0.4 is 4.74 Å². The Balaban J connectivity index is 1.90. The van der Waals surface area contributed by atoms with Gasteiger partial charge in [-0.05, 0) is 18.6 Å². The summed E-state index contributed by atoms with van der Waals surface area (Å²) >= 11 is 0. The monoisotopic (exact) mass is 245 g/mol. The van der Waals surface area contributed by atoms with E-state index >= 15 is 0 Å². The maximum atomic E-state index is 10.9. The summed E-state index contributed by atoms with van der Waals surface area (Å²) < 4.78 is 10.1. The van der Waals surface area contributed by atoms with Crippen LogP contribution in [0.25, 0.3) is 10.9 Å². The number of hydrogen-bond donors (Lipinski definition) is 0. The molecule has 4 nitrogen and oxygen atoms in total. The molecule has 0 saturated heterocycles. The molecule has 1 aromatic heterocycles. The number of aromatic nitrogens is 1. The van der Waals surface area contributed by atoms with Gasteiger partial charge in [-0.25, -0.2) is 0 Å². The maximum Gasteiger partial charge on any atom is 0.305 e. The number of rotatable bonds is 5. The van der Waals surface area contributed by atoms with Gasteiger partial charge in [-0.3, -0.25) is 9.78 Å². The molecule has 0 atom stereocenters. The maximum absolute atomic E-state index is 10.9. The van der Waals surface area contributed by atoms with E-state index in [1.807, 2.05) is 30.3 Å². The third kappa shape index (κ3) is 3.20. The summed E-state index contributed by atoms with van der Waals surface area (Å²) in [7, 11) is 1.39. The van der Waals surface area contributed by atoms with E-state index in [1.54, 1.807) is 6.20 Å². The number of carbonyl (C=O) groups excluding carboxylic acids is 1. The lowest BCUT2D eigenvalue weighted by atomic mass is 10.2. The fourth-order valence-electron chi connectivity index (χ4n) is 1.64. The SMILES string of the molecule is COC(=O)CCCOc1cnc2ccccc2c1. The second-order valence-corrected chi connectivity index (χ2v) is 3.89. The van der Waals surface area contributed by atoms with Crippen LogP contribution in [0.2, 0.25) is 0 Å². The number of methoxy groups -OCH3 is 1. The number of benzene rings is 1. The standard InChI is InChI=1S/C14H15NO3/c1-17-14(16)7-4-8-18-12-9-11-5-2-3-6-13(11)15-10-12/h2-3,5-6,9-10H,4,7-8H2,1H3. The van der Waals surface area contributed by atoms with Crippen molar-refractivity contribution in [2.45, 2.75) is 12.8 Å². The minimum absolute atomic E-state index is 0.213. The second kappa shape index (κ2) is 6.00. The van der Waals surface area contributed by atoms with E-state index in [4.69, 9.17) is 4.74 Å². The first-order valence-electron chi connectivity index (χ1n) is 5.84. The molecule has 1 aromatic carbocycles. The highest BCUT2D eigenvalue weighted by molar-refractivity contribution is 5.79. The van der Waals surface area contributed by atoms with Gasteiger partial charge in [0, 0.05) is 11.8 Å². The van der Waals surface area contributed by atoms with Crippen molar-refractivity contribution < 1.29 is 14.3 Å². The summed E-state index contributed by atoms with van der Waals surface area (Å²) in [5.74, 6) is 0.508. The van der Waals surface area contributed by atoms with Gasteiger partial charge < -0.3 is 9.47 Å². The summed E-state index contributed by atoms with van der Waals surface area (Å²) in [4.78, 5) is 15.2. The highest BCUT2D eigenvalue weighted by Crippen LogP contribution is 2.17. The normalized spacial score (nSPS) is 10.3. The van der Waals surface area contributed by atoms with Gasteiger partial charge in [0.25, 0.3) is 0 Å². The number of nitrogens with zero attached hydrogens (tertiary/aromatic N) is 1. The van der Waals surface area contributed by atoms with Gasteiger partial charge >= 0.3 is 5.97 Å². The first-order chi connectivity index (χ1) is 8.79. The zero-order valence-electron chi connectivity index (χ0n) is 10.3. The Morgan fingerprint density at radius 2 is 2.17 bits per heavy atom. The third-order valence-corrected chi connectivity index (χ3v) is 2.59. The molecule has 0 unspecified atom stereocenters. The van der Waals surface area contributed by atoms with E-state index in [2.05, 4.69) is 9.72 Å². The second-order valence-electron chi connectivity index (χ2n) is 3.89. The van der Waals surface area contributed by atoms with Crippen LogP contribution in [0.15, 0.2) is 36.5 Å². The number of pyridine rings is 1. The van der Waals surface area contributed by atoms with Crippen LogP contribution in [0.3, 0.4) is 0 Å². The fourth-order valence-corrected chi connectivity index (χ4v) is 1.64. The Labute approximate surface area is 106 Å². The minimum Gasteiger partial charge on any atom is -0.492 e. The molecule has 4 heteroatoms. The Morgan fingerprint density at radius 1 is 1.33 bits per heavy atom. The summed E-state index contributed by atoms with van der Waals surface area (Å²) in [6.07, 6.45) is 2.71. The number of esters is 1. The van der Waals surface area contributed by atoms with E-state index in [0.29, 0.717) is 19.4 Å². The molecular formula is C14H15NO3. The van der Waals surface area contributed by atoms with Crippen LogP contribution in [0.1, 0.15) is 12.8 Å². The molecule has 0 aliphatic heterocycles. The predicted molar refractivity (Wildman–Crippen MR) is 68.5 cm³/mol. The van der Waals surface area contributed by atoms with E-state index in [-0.39, 0.29) is 5.97 Å². The van der Waals surface area contributed by atoms with Crippen LogP contribution in [0, 0.1) is 0 Å². The van der Waals surface area contributed by atoms with Crippen molar-refractivity contribution in [3.8, 4) is 5.75 Å². The molecule has 1 heterocycles. The van der Waals surface area contributed by atoms with Crippen LogP contribution in [-0.2, 0) is 9.53 Å². The highest BCUT2D eigenvalue weighted by atomic mass is 16.5. The fraction of sp³-hybridized carbons (Fsp3) is 0.286. The molecule has 0 fully saturated rings. The average Bonchev–Trinajstić information content (AvgIpc) is 2.43. The van der Waals surface area contributed by atoms with Crippen molar-refractivity contribution >= 4 is 16.9 Å². The molecule has 0 amide bonds. The highest BCUT2D eigenvalue weighted by Gasteiger charge is 2.01. The summed E-state index contributed by atoms with van der Waals surface area (Å²) in [5, 5.41) is 1.04. The Morgan fingerprint density at radius 3 is 3.00 bits per heavy atom. The molecule has 0 N–H and O–H groups in total. The lowest BCUT2D eigenvalue weighted by Gasteiger charge is -2.06. The zero-order chi connectivity index (χ0) is 12.8. The molecule has 0 aliphatic carbocycles. The van der Waals surface area contributed by atoms with E-state index in [1.165, 1.54) is 7.11 Å². The number of fused-ring (bicyclic) bond motifs is 1. The molecule has 0 aliphatic rings. The lowest BCUT2D eigenvalue weighted by Crippen LogP contribution is -2.04. The van der Waals surface area contributed by atoms with E-state index in [0.717, 1.165) is 16.7 Å². The van der Waals surface area contributed by atoms with E-state index < -0.39 is 0 Å².